The zero-order valence-corrected chi connectivity index (χ0v) is 24.2. The van der Waals surface area contributed by atoms with Crippen LogP contribution in [0, 0.1) is 23.2 Å². The number of nitrogens with zero attached hydrogens (tertiary/aromatic N) is 4. The van der Waals surface area contributed by atoms with Gasteiger partial charge in [0.25, 0.3) is 5.91 Å². The second-order valence-corrected chi connectivity index (χ2v) is 11.3. The zero-order chi connectivity index (χ0) is 30.3. The van der Waals surface area contributed by atoms with Crippen LogP contribution in [-0.4, -0.2) is 71.7 Å². The zero-order valence-electron chi connectivity index (χ0n) is 24.2. The molecule has 3 aromatic rings. The van der Waals surface area contributed by atoms with Crippen molar-refractivity contribution in [3.8, 4) is 11.8 Å². The van der Waals surface area contributed by atoms with Crippen molar-refractivity contribution in [3.63, 3.8) is 0 Å². The smallest absolute Gasteiger partial charge is 0.272 e. The van der Waals surface area contributed by atoms with Crippen LogP contribution in [-0.2, 0) is 6.54 Å². The molecule has 222 valence electrons. The Bertz CT molecular complexity index is 1490. The molecule has 1 amide bonds. The Morgan fingerprint density at radius 1 is 1.00 bits per heavy atom. The van der Waals surface area contributed by atoms with Gasteiger partial charge in [0.15, 0.2) is 11.6 Å². The SMILES string of the molecule is COc1ccc(C(=O)C2CCN(C(=O)c3ccc(C(=O)CC4CCN(Cc5cccc(C#N)c5)C[C@@H]4F)cn3)CC2)cc1. The van der Waals surface area contributed by atoms with Gasteiger partial charge in [0, 0.05) is 55.8 Å². The molecule has 3 heterocycles. The number of alkyl halides is 1. The summed E-state index contributed by atoms with van der Waals surface area (Å²) in [6.07, 6.45) is 2.06. The number of aromatic nitrogens is 1. The second kappa shape index (κ2) is 13.7. The van der Waals surface area contributed by atoms with Crippen LogP contribution < -0.4 is 4.74 Å². The van der Waals surface area contributed by atoms with Gasteiger partial charge in [-0.3, -0.25) is 24.3 Å². The number of nitriles is 1. The standard InChI is InChI=1S/C34H35FN4O4/c1-43-29-8-5-25(6-9-29)33(41)26-12-15-39(16-13-26)34(42)31-10-7-28(20-37-31)32(40)18-27-11-14-38(22-30(27)35)21-24-4-2-3-23(17-24)19-36/h2-10,17,20,26-27,30H,11-16,18,21-22H2,1H3/t27?,30-/m0/s1. The van der Waals surface area contributed by atoms with Crippen LogP contribution in [0.5, 0.6) is 5.75 Å². The van der Waals surface area contributed by atoms with E-state index in [-0.39, 0.29) is 48.0 Å². The third-order valence-corrected chi connectivity index (χ3v) is 8.50. The summed E-state index contributed by atoms with van der Waals surface area (Å²) in [4.78, 5) is 46.9. The maximum atomic E-state index is 15.1. The minimum absolute atomic E-state index is 0.0716. The van der Waals surface area contributed by atoms with Crippen molar-refractivity contribution < 1.29 is 23.5 Å². The lowest BCUT2D eigenvalue weighted by Crippen LogP contribution is -2.42. The highest BCUT2D eigenvalue weighted by Crippen LogP contribution is 2.27. The highest BCUT2D eigenvalue weighted by molar-refractivity contribution is 5.99. The number of halogens is 1. The Kier molecular flexibility index (Phi) is 9.58. The van der Waals surface area contributed by atoms with Gasteiger partial charge < -0.3 is 9.64 Å². The first-order valence-corrected chi connectivity index (χ1v) is 14.7. The first-order chi connectivity index (χ1) is 20.8. The third-order valence-electron chi connectivity index (χ3n) is 8.50. The highest BCUT2D eigenvalue weighted by Gasteiger charge is 2.32. The number of hydrogen-bond acceptors (Lipinski definition) is 7. The Morgan fingerprint density at radius 2 is 1.74 bits per heavy atom. The molecule has 2 aliphatic heterocycles. The molecule has 2 saturated heterocycles. The van der Waals surface area contributed by atoms with Crippen molar-refractivity contribution in [1.82, 2.24) is 14.8 Å². The third kappa shape index (κ3) is 7.33. The van der Waals surface area contributed by atoms with Crippen molar-refractivity contribution in [2.24, 2.45) is 11.8 Å². The molecular formula is C34H35FN4O4. The van der Waals surface area contributed by atoms with Crippen LogP contribution in [0.1, 0.15) is 68.0 Å². The summed E-state index contributed by atoms with van der Waals surface area (Å²) < 4.78 is 20.2. The van der Waals surface area contributed by atoms with E-state index in [1.807, 2.05) is 23.1 Å². The molecule has 2 aromatic carbocycles. The fraction of sp³-hybridized carbons (Fsp3) is 0.382. The van der Waals surface area contributed by atoms with Crippen LogP contribution in [0.4, 0.5) is 4.39 Å². The quantitative estimate of drug-likeness (QED) is 0.322. The van der Waals surface area contributed by atoms with Crippen molar-refractivity contribution in [2.75, 3.05) is 33.3 Å². The predicted molar refractivity (Wildman–Crippen MR) is 159 cm³/mol. The number of amides is 1. The number of methoxy groups -OCH3 is 1. The molecule has 2 fully saturated rings. The summed E-state index contributed by atoms with van der Waals surface area (Å²) in [7, 11) is 1.58. The topological polar surface area (TPSA) is 104 Å². The van der Waals surface area contributed by atoms with E-state index in [1.165, 1.54) is 6.20 Å². The molecule has 0 bridgehead atoms. The molecule has 1 unspecified atom stereocenters. The predicted octanol–water partition coefficient (Wildman–Crippen LogP) is 5.13. The molecule has 9 heteroatoms. The lowest BCUT2D eigenvalue weighted by Gasteiger charge is -2.34. The number of ketones is 2. The van der Waals surface area contributed by atoms with Gasteiger partial charge in [-0.2, -0.15) is 5.26 Å². The number of rotatable bonds is 9. The number of likely N-dealkylation sites (tertiary alicyclic amines) is 2. The van der Waals surface area contributed by atoms with E-state index in [0.717, 1.165) is 5.56 Å². The van der Waals surface area contributed by atoms with Crippen LogP contribution in [0.15, 0.2) is 66.9 Å². The second-order valence-electron chi connectivity index (χ2n) is 11.3. The number of ether oxygens (including phenoxy) is 1. The summed E-state index contributed by atoms with van der Waals surface area (Å²) in [6, 6.07) is 19.7. The normalized spacial score (nSPS) is 19.4. The molecule has 2 aliphatic rings. The number of benzene rings is 2. The number of pyridine rings is 1. The average molecular weight is 583 g/mol. The molecule has 0 N–H and O–H groups in total. The van der Waals surface area contributed by atoms with Gasteiger partial charge in [-0.05, 0) is 85.8 Å². The first kappa shape index (κ1) is 30.1. The van der Waals surface area contributed by atoms with Gasteiger partial charge in [-0.1, -0.05) is 12.1 Å². The highest BCUT2D eigenvalue weighted by atomic mass is 19.1. The molecule has 8 nitrogen and oxygen atoms in total. The minimum atomic E-state index is -1.13. The van der Waals surface area contributed by atoms with Gasteiger partial charge in [0.2, 0.25) is 0 Å². The van der Waals surface area contributed by atoms with E-state index in [1.54, 1.807) is 54.5 Å². The molecule has 0 spiro atoms. The fourth-order valence-corrected chi connectivity index (χ4v) is 5.93. The van der Waals surface area contributed by atoms with Crippen LogP contribution >= 0.6 is 0 Å². The lowest BCUT2D eigenvalue weighted by atomic mass is 9.88. The Hall–Kier alpha value is -4.42. The van der Waals surface area contributed by atoms with Crippen molar-refractivity contribution in [2.45, 2.75) is 38.4 Å². The number of carbonyl (C=O) groups excluding carboxylic acids is 3. The molecule has 0 radical (unpaired) electrons. The maximum Gasteiger partial charge on any atom is 0.272 e. The van der Waals surface area contributed by atoms with Gasteiger partial charge in [0.1, 0.15) is 17.6 Å². The van der Waals surface area contributed by atoms with E-state index in [4.69, 9.17) is 10.00 Å². The summed E-state index contributed by atoms with van der Waals surface area (Å²) in [5.41, 5.74) is 2.79. The van der Waals surface area contributed by atoms with Gasteiger partial charge in [0.05, 0.1) is 18.7 Å². The van der Waals surface area contributed by atoms with E-state index < -0.39 is 6.17 Å². The van der Waals surface area contributed by atoms with Gasteiger partial charge in [-0.25, -0.2) is 4.39 Å². The van der Waals surface area contributed by atoms with Crippen LogP contribution in [0.3, 0.4) is 0 Å². The number of carbonyl (C=O) groups is 3. The molecule has 43 heavy (non-hydrogen) atoms. The molecule has 0 aliphatic carbocycles. The summed E-state index contributed by atoms with van der Waals surface area (Å²) in [5.74, 6) is -0.176. The van der Waals surface area contributed by atoms with E-state index in [9.17, 15) is 14.4 Å². The Morgan fingerprint density at radius 3 is 2.40 bits per heavy atom. The van der Waals surface area contributed by atoms with E-state index in [0.29, 0.717) is 67.9 Å². The molecule has 0 saturated carbocycles. The fourth-order valence-electron chi connectivity index (χ4n) is 5.93. The summed E-state index contributed by atoms with van der Waals surface area (Å²) in [6.45, 7) is 2.38. The summed E-state index contributed by atoms with van der Waals surface area (Å²) >= 11 is 0. The molecule has 5 rings (SSSR count). The molecule has 1 aromatic heterocycles. The molecular weight excluding hydrogens is 547 g/mol. The average Bonchev–Trinajstić information content (AvgIpc) is 3.05. The Balaban J connectivity index is 1.09. The Labute approximate surface area is 251 Å². The molecule has 2 atom stereocenters. The number of hydrogen-bond donors (Lipinski definition) is 0. The maximum absolute atomic E-state index is 15.1. The van der Waals surface area contributed by atoms with Crippen molar-refractivity contribution >= 4 is 17.5 Å². The summed E-state index contributed by atoms with van der Waals surface area (Å²) in [5, 5.41) is 9.10. The van der Waals surface area contributed by atoms with E-state index in [2.05, 4.69) is 11.1 Å². The monoisotopic (exact) mass is 582 g/mol. The van der Waals surface area contributed by atoms with Crippen molar-refractivity contribution in [1.29, 1.82) is 5.26 Å². The van der Waals surface area contributed by atoms with Gasteiger partial charge in [-0.15, -0.1) is 0 Å². The van der Waals surface area contributed by atoms with Crippen LogP contribution in [0.25, 0.3) is 0 Å². The van der Waals surface area contributed by atoms with Crippen molar-refractivity contribution in [3.05, 3.63) is 94.8 Å². The number of Topliss-reactive ketones (excluding diaryl/α,β-unsaturated/α-hetero) is 2. The number of piperidine rings is 2. The van der Waals surface area contributed by atoms with Crippen LogP contribution in [0.2, 0.25) is 0 Å². The first-order valence-electron chi connectivity index (χ1n) is 14.7. The lowest BCUT2D eigenvalue weighted by molar-refractivity contribution is 0.0644. The minimum Gasteiger partial charge on any atom is -0.497 e. The van der Waals surface area contributed by atoms with Gasteiger partial charge >= 0.3 is 0 Å². The van der Waals surface area contributed by atoms with E-state index >= 15 is 4.39 Å². The largest absolute Gasteiger partial charge is 0.497 e.